The van der Waals surface area contributed by atoms with E-state index >= 15 is 0 Å². The predicted octanol–water partition coefficient (Wildman–Crippen LogP) is 1.81. The summed E-state index contributed by atoms with van der Waals surface area (Å²) in [5, 5.41) is 6.06. The number of halogens is 1. The standard InChI is InChI=1S/C15H21N3O2.ClH/c1-10-9-11(6-7-12(10)15(20)18(2)3)17-14(19)13-5-4-8-16-13;/h6-7,9,13,16H,4-5,8H2,1-3H3,(H,17,19);1H. The van der Waals surface area contributed by atoms with Gasteiger partial charge in [-0.1, -0.05) is 0 Å². The molecule has 1 aliphatic heterocycles. The summed E-state index contributed by atoms with van der Waals surface area (Å²) in [4.78, 5) is 25.5. The quantitative estimate of drug-likeness (QED) is 0.895. The van der Waals surface area contributed by atoms with Gasteiger partial charge in [-0.3, -0.25) is 9.59 Å². The van der Waals surface area contributed by atoms with Crippen LogP contribution >= 0.6 is 12.4 Å². The van der Waals surface area contributed by atoms with Crippen molar-refractivity contribution < 1.29 is 9.59 Å². The maximum atomic E-state index is 12.0. The van der Waals surface area contributed by atoms with E-state index in [1.54, 1.807) is 31.1 Å². The molecule has 0 spiro atoms. The molecule has 1 heterocycles. The van der Waals surface area contributed by atoms with Gasteiger partial charge >= 0.3 is 0 Å². The average molecular weight is 312 g/mol. The number of nitrogens with zero attached hydrogens (tertiary/aromatic N) is 1. The first kappa shape index (κ1) is 17.5. The van der Waals surface area contributed by atoms with Crippen LogP contribution < -0.4 is 10.6 Å². The molecule has 6 heteroatoms. The van der Waals surface area contributed by atoms with Crippen molar-refractivity contribution >= 4 is 29.9 Å². The second-order valence-corrected chi connectivity index (χ2v) is 5.37. The van der Waals surface area contributed by atoms with E-state index in [9.17, 15) is 9.59 Å². The van der Waals surface area contributed by atoms with Crippen molar-refractivity contribution in [3.05, 3.63) is 29.3 Å². The molecule has 2 amide bonds. The van der Waals surface area contributed by atoms with Gasteiger partial charge in [0.2, 0.25) is 5.91 Å². The fraction of sp³-hybridized carbons (Fsp3) is 0.467. The summed E-state index contributed by atoms with van der Waals surface area (Å²) >= 11 is 0. The fourth-order valence-electron chi connectivity index (χ4n) is 2.36. The number of benzene rings is 1. The number of aryl methyl sites for hydroxylation is 1. The molecule has 1 aromatic rings. The average Bonchev–Trinajstić information content (AvgIpc) is 2.92. The minimum absolute atomic E-state index is 0. The third-order valence-electron chi connectivity index (χ3n) is 3.51. The highest BCUT2D eigenvalue weighted by Gasteiger charge is 2.22. The van der Waals surface area contributed by atoms with Gasteiger partial charge in [-0.2, -0.15) is 0 Å². The topological polar surface area (TPSA) is 61.4 Å². The van der Waals surface area contributed by atoms with Crippen molar-refractivity contribution in [1.82, 2.24) is 10.2 Å². The van der Waals surface area contributed by atoms with E-state index in [2.05, 4.69) is 10.6 Å². The highest BCUT2D eigenvalue weighted by atomic mass is 35.5. The van der Waals surface area contributed by atoms with Crippen molar-refractivity contribution in [1.29, 1.82) is 0 Å². The third kappa shape index (κ3) is 4.19. The summed E-state index contributed by atoms with van der Waals surface area (Å²) in [6.07, 6.45) is 1.91. The Labute approximate surface area is 131 Å². The van der Waals surface area contributed by atoms with Gasteiger partial charge in [0.15, 0.2) is 0 Å². The normalized spacial score (nSPS) is 17.0. The Hall–Kier alpha value is -1.59. The van der Waals surface area contributed by atoms with E-state index in [0.717, 1.165) is 30.6 Å². The summed E-state index contributed by atoms with van der Waals surface area (Å²) in [5.74, 6) is -0.0357. The molecule has 1 atom stereocenters. The van der Waals surface area contributed by atoms with Crippen LogP contribution in [-0.4, -0.2) is 43.4 Å². The molecule has 1 saturated heterocycles. The maximum Gasteiger partial charge on any atom is 0.253 e. The first-order valence-corrected chi connectivity index (χ1v) is 6.85. The van der Waals surface area contributed by atoms with Gasteiger partial charge in [0, 0.05) is 25.3 Å². The van der Waals surface area contributed by atoms with E-state index in [-0.39, 0.29) is 30.3 Å². The molecule has 1 aromatic carbocycles. The van der Waals surface area contributed by atoms with E-state index in [4.69, 9.17) is 0 Å². The monoisotopic (exact) mass is 311 g/mol. The van der Waals surface area contributed by atoms with Crippen molar-refractivity contribution in [2.75, 3.05) is 26.0 Å². The number of anilines is 1. The summed E-state index contributed by atoms with van der Waals surface area (Å²) in [6, 6.07) is 5.27. The lowest BCUT2D eigenvalue weighted by Gasteiger charge is -2.15. The smallest absolute Gasteiger partial charge is 0.253 e. The number of rotatable bonds is 3. The summed E-state index contributed by atoms with van der Waals surface area (Å²) in [5.41, 5.74) is 2.25. The third-order valence-corrected chi connectivity index (χ3v) is 3.51. The van der Waals surface area contributed by atoms with E-state index in [1.807, 2.05) is 13.0 Å². The van der Waals surface area contributed by atoms with Gasteiger partial charge in [-0.05, 0) is 50.1 Å². The van der Waals surface area contributed by atoms with Crippen molar-refractivity contribution in [3.8, 4) is 0 Å². The van der Waals surface area contributed by atoms with Crippen LogP contribution in [0.15, 0.2) is 18.2 Å². The molecule has 1 unspecified atom stereocenters. The molecule has 1 fully saturated rings. The number of hydrogen-bond acceptors (Lipinski definition) is 3. The highest BCUT2D eigenvalue weighted by molar-refractivity contribution is 5.98. The SMILES string of the molecule is Cc1cc(NC(=O)C2CCCN2)ccc1C(=O)N(C)C.Cl. The first-order chi connectivity index (χ1) is 9.49. The minimum Gasteiger partial charge on any atom is -0.345 e. The van der Waals surface area contributed by atoms with Gasteiger partial charge in [-0.25, -0.2) is 0 Å². The second-order valence-electron chi connectivity index (χ2n) is 5.37. The zero-order chi connectivity index (χ0) is 14.7. The largest absolute Gasteiger partial charge is 0.345 e. The number of amides is 2. The van der Waals surface area contributed by atoms with Crippen molar-refractivity contribution in [2.24, 2.45) is 0 Å². The maximum absolute atomic E-state index is 12.0. The Balaban J connectivity index is 0.00000220. The number of hydrogen-bond donors (Lipinski definition) is 2. The van der Waals surface area contributed by atoms with Crippen molar-refractivity contribution in [2.45, 2.75) is 25.8 Å². The van der Waals surface area contributed by atoms with Gasteiger partial charge in [0.1, 0.15) is 0 Å². The van der Waals surface area contributed by atoms with Gasteiger partial charge in [-0.15, -0.1) is 12.4 Å². The molecule has 1 aliphatic rings. The predicted molar refractivity (Wildman–Crippen MR) is 86.1 cm³/mol. The molecule has 5 nitrogen and oxygen atoms in total. The molecule has 0 saturated carbocycles. The van der Waals surface area contributed by atoms with Gasteiger partial charge in [0.25, 0.3) is 5.91 Å². The zero-order valence-corrected chi connectivity index (χ0v) is 13.4. The minimum atomic E-state index is -0.0987. The van der Waals surface area contributed by atoms with Crippen LogP contribution in [0.3, 0.4) is 0 Å². The lowest BCUT2D eigenvalue weighted by Crippen LogP contribution is -2.35. The van der Waals surface area contributed by atoms with Gasteiger partial charge < -0.3 is 15.5 Å². The zero-order valence-electron chi connectivity index (χ0n) is 12.6. The Kier molecular flexibility index (Phi) is 6.18. The molecular formula is C15H22ClN3O2. The number of carbonyl (C=O) groups excluding carboxylic acids is 2. The Morgan fingerprint density at radius 1 is 1.33 bits per heavy atom. The lowest BCUT2D eigenvalue weighted by atomic mass is 10.1. The number of nitrogens with one attached hydrogen (secondary N) is 2. The molecule has 116 valence electrons. The van der Waals surface area contributed by atoms with E-state index in [1.165, 1.54) is 0 Å². The Morgan fingerprint density at radius 3 is 2.57 bits per heavy atom. The Bertz CT molecular complexity index is 526. The summed E-state index contributed by atoms with van der Waals surface area (Å²) in [6.45, 7) is 2.77. The molecule has 2 rings (SSSR count). The molecular weight excluding hydrogens is 290 g/mol. The second kappa shape index (κ2) is 7.43. The van der Waals surface area contributed by atoms with Crippen LogP contribution in [0, 0.1) is 6.92 Å². The molecule has 0 aromatic heterocycles. The van der Waals surface area contributed by atoms with E-state index < -0.39 is 0 Å². The highest BCUT2D eigenvalue weighted by Crippen LogP contribution is 2.17. The van der Waals surface area contributed by atoms with Crippen LogP contribution in [-0.2, 0) is 4.79 Å². The summed E-state index contributed by atoms with van der Waals surface area (Å²) < 4.78 is 0. The van der Waals surface area contributed by atoms with Crippen LogP contribution in [0.2, 0.25) is 0 Å². The number of carbonyl (C=O) groups is 2. The molecule has 21 heavy (non-hydrogen) atoms. The molecule has 0 aliphatic carbocycles. The van der Waals surface area contributed by atoms with Crippen LogP contribution in [0.25, 0.3) is 0 Å². The van der Waals surface area contributed by atoms with Crippen LogP contribution in [0.4, 0.5) is 5.69 Å². The first-order valence-electron chi connectivity index (χ1n) is 6.85. The van der Waals surface area contributed by atoms with E-state index in [0.29, 0.717) is 5.56 Å². The summed E-state index contributed by atoms with van der Waals surface area (Å²) in [7, 11) is 3.45. The van der Waals surface area contributed by atoms with Crippen LogP contribution in [0.1, 0.15) is 28.8 Å². The molecule has 0 radical (unpaired) electrons. The van der Waals surface area contributed by atoms with Crippen LogP contribution in [0.5, 0.6) is 0 Å². The van der Waals surface area contributed by atoms with Crippen molar-refractivity contribution in [3.63, 3.8) is 0 Å². The Morgan fingerprint density at radius 2 is 2.05 bits per heavy atom. The van der Waals surface area contributed by atoms with Gasteiger partial charge in [0.05, 0.1) is 6.04 Å². The molecule has 2 N–H and O–H groups in total. The molecule has 0 bridgehead atoms. The lowest BCUT2D eigenvalue weighted by molar-refractivity contribution is -0.117. The fourth-order valence-corrected chi connectivity index (χ4v) is 2.36.